The summed E-state index contributed by atoms with van der Waals surface area (Å²) in [6, 6.07) is 12.5. The Morgan fingerprint density at radius 3 is 2.73 bits per heavy atom. The van der Waals surface area contributed by atoms with E-state index in [1.165, 1.54) is 11.1 Å². The number of hydrogen-bond acceptors (Lipinski definition) is 2. The number of hydrogen-bond donors (Lipinski definition) is 0. The fourth-order valence-corrected chi connectivity index (χ4v) is 1.93. The van der Waals surface area contributed by atoms with Crippen molar-refractivity contribution >= 4 is 11.9 Å². The van der Waals surface area contributed by atoms with Gasteiger partial charge >= 0.3 is 0 Å². The first-order chi connectivity index (χ1) is 7.45. The quantitative estimate of drug-likeness (QED) is 0.685. The number of aromatic nitrogens is 1. The van der Waals surface area contributed by atoms with Crippen LogP contribution in [0.2, 0.25) is 0 Å². The maximum Gasteiger partial charge on any atom is 0.0851 e. The van der Waals surface area contributed by atoms with Gasteiger partial charge in [0.15, 0.2) is 0 Å². The molecule has 0 spiro atoms. The second-order valence-electron chi connectivity index (χ2n) is 3.60. The normalized spacial score (nSPS) is 17.7. The van der Waals surface area contributed by atoms with Crippen molar-refractivity contribution in [2.24, 2.45) is 4.99 Å². The molecule has 1 aliphatic heterocycles. The molecule has 3 rings (SSSR count). The summed E-state index contributed by atoms with van der Waals surface area (Å²) in [5.74, 6) is 0.296. The summed E-state index contributed by atoms with van der Waals surface area (Å²) >= 11 is 0. The predicted molar refractivity (Wildman–Crippen MR) is 60.7 cm³/mol. The molecule has 2 heteroatoms. The van der Waals surface area contributed by atoms with Gasteiger partial charge in [-0.1, -0.05) is 30.3 Å². The number of pyridine rings is 1. The molecule has 72 valence electrons. The molecule has 2 aromatic rings. The fourth-order valence-electron chi connectivity index (χ4n) is 1.93. The summed E-state index contributed by atoms with van der Waals surface area (Å²) in [5, 5.41) is 0. The Morgan fingerprint density at radius 1 is 1.00 bits per heavy atom. The first kappa shape index (κ1) is 8.36. The van der Waals surface area contributed by atoms with Crippen LogP contribution < -0.4 is 0 Å². The van der Waals surface area contributed by atoms with E-state index in [2.05, 4.69) is 34.2 Å². The number of aliphatic imine (C=N–C) groups is 1. The SMILES string of the molecule is C1=Nc2cnccc2C1c1ccccc1. The molecule has 0 saturated carbocycles. The maximum absolute atomic E-state index is 4.37. The molecule has 0 amide bonds. The summed E-state index contributed by atoms with van der Waals surface area (Å²) < 4.78 is 0. The highest BCUT2D eigenvalue weighted by molar-refractivity contribution is 5.83. The van der Waals surface area contributed by atoms with E-state index in [0.29, 0.717) is 5.92 Å². The Bertz CT molecular complexity index is 503. The van der Waals surface area contributed by atoms with Crippen molar-refractivity contribution in [2.75, 3.05) is 0 Å². The average molecular weight is 194 g/mol. The Kier molecular flexibility index (Phi) is 1.85. The first-order valence-electron chi connectivity index (χ1n) is 4.98. The second-order valence-corrected chi connectivity index (χ2v) is 3.60. The number of nitrogens with zero attached hydrogens (tertiary/aromatic N) is 2. The maximum atomic E-state index is 4.37. The molecule has 1 aromatic heterocycles. The monoisotopic (exact) mass is 194 g/mol. The molecule has 0 fully saturated rings. The van der Waals surface area contributed by atoms with E-state index in [4.69, 9.17) is 0 Å². The molecule has 0 radical (unpaired) electrons. The lowest BCUT2D eigenvalue weighted by atomic mass is 9.94. The summed E-state index contributed by atoms with van der Waals surface area (Å²) in [5.41, 5.74) is 3.52. The Labute approximate surface area is 88.3 Å². The van der Waals surface area contributed by atoms with Gasteiger partial charge in [-0.05, 0) is 17.2 Å². The molecule has 0 saturated heterocycles. The zero-order valence-corrected chi connectivity index (χ0v) is 8.17. The van der Waals surface area contributed by atoms with Gasteiger partial charge in [-0.3, -0.25) is 9.98 Å². The number of benzene rings is 1. The van der Waals surface area contributed by atoms with Crippen LogP contribution in [0, 0.1) is 0 Å². The Hall–Kier alpha value is -1.96. The molecule has 0 N–H and O–H groups in total. The molecule has 1 atom stereocenters. The zero-order chi connectivity index (χ0) is 10.1. The van der Waals surface area contributed by atoms with Crippen LogP contribution in [0.3, 0.4) is 0 Å². The minimum atomic E-state index is 0.296. The first-order valence-corrected chi connectivity index (χ1v) is 4.98. The summed E-state index contributed by atoms with van der Waals surface area (Å²) in [7, 11) is 0. The lowest BCUT2D eigenvalue weighted by Gasteiger charge is -2.08. The molecule has 2 heterocycles. The largest absolute Gasteiger partial charge is 0.262 e. The van der Waals surface area contributed by atoms with E-state index in [1.807, 2.05) is 30.7 Å². The highest BCUT2D eigenvalue weighted by Crippen LogP contribution is 2.34. The van der Waals surface area contributed by atoms with Crippen molar-refractivity contribution in [3.8, 4) is 0 Å². The Balaban J connectivity index is 2.09. The van der Waals surface area contributed by atoms with Gasteiger partial charge in [0.05, 0.1) is 11.9 Å². The topological polar surface area (TPSA) is 25.2 Å². The van der Waals surface area contributed by atoms with Gasteiger partial charge in [0.2, 0.25) is 0 Å². The molecule has 2 nitrogen and oxygen atoms in total. The third-order valence-corrected chi connectivity index (χ3v) is 2.69. The van der Waals surface area contributed by atoms with E-state index < -0.39 is 0 Å². The van der Waals surface area contributed by atoms with Crippen LogP contribution in [-0.2, 0) is 0 Å². The van der Waals surface area contributed by atoms with E-state index in [0.717, 1.165) is 5.69 Å². The van der Waals surface area contributed by atoms with Gasteiger partial charge in [0.1, 0.15) is 0 Å². The van der Waals surface area contributed by atoms with E-state index in [-0.39, 0.29) is 0 Å². The van der Waals surface area contributed by atoms with Crippen molar-refractivity contribution in [3.05, 3.63) is 59.9 Å². The van der Waals surface area contributed by atoms with Gasteiger partial charge in [0, 0.05) is 18.3 Å². The van der Waals surface area contributed by atoms with Crippen LogP contribution >= 0.6 is 0 Å². The summed E-state index contributed by atoms with van der Waals surface area (Å²) in [6.45, 7) is 0. The van der Waals surface area contributed by atoms with Crippen molar-refractivity contribution in [1.82, 2.24) is 4.98 Å². The molecule has 1 unspecified atom stereocenters. The molecule has 0 bridgehead atoms. The third-order valence-electron chi connectivity index (χ3n) is 2.69. The van der Waals surface area contributed by atoms with Crippen molar-refractivity contribution < 1.29 is 0 Å². The minimum absolute atomic E-state index is 0.296. The fraction of sp³-hybridized carbons (Fsp3) is 0.0769. The molecular weight excluding hydrogens is 184 g/mol. The zero-order valence-electron chi connectivity index (χ0n) is 8.17. The molecule has 1 aromatic carbocycles. The van der Waals surface area contributed by atoms with Crippen LogP contribution in [0.25, 0.3) is 0 Å². The van der Waals surface area contributed by atoms with Crippen LogP contribution in [-0.4, -0.2) is 11.2 Å². The van der Waals surface area contributed by atoms with E-state index in [1.54, 1.807) is 0 Å². The van der Waals surface area contributed by atoms with E-state index in [9.17, 15) is 0 Å². The lowest BCUT2D eigenvalue weighted by molar-refractivity contribution is 1.12. The summed E-state index contributed by atoms with van der Waals surface area (Å²) in [4.78, 5) is 8.44. The Morgan fingerprint density at radius 2 is 1.87 bits per heavy atom. The van der Waals surface area contributed by atoms with Crippen molar-refractivity contribution in [2.45, 2.75) is 5.92 Å². The van der Waals surface area contributed by atoms with Gasteiger partial charge in [-0.2, -0.15) is 0 Å². The smallest absolute Gasteiger partial charge is 0.0851 e. The molecule has 1 aliphatic rings. The molecule has 0 aliphatic carbocycles. The predicted octanol–water partition coefficient (Wildman–Crippen LogP) is 2.93. The van der Waals surface area contributed by atoms with Crippen LogP contribution in [0.5, 0.6) is 0 Å². The van der Waals surface area contributed by atoms with Gasteiger partial charge in [0.25, 0.3) is 0 Å². The molecule has 15 heavy (non-hydrogen) atoms. The highest BCUT2D eigenvalue weighted by atomic mass is 14.8. The van der Waals surface area contributed by atoms with Crippen LogP contribution in [0.4, 0.5) is 5.69 Å². The van der Waals surface area contributed by atoms with Crippen LogP contribution in [0.15, 0.2) is 53.8 Å². The summed E-state index contributed by atoms with van der Waals surface area (Å²) in [6.07, 6.45) is 5.62. The molecular formula is C13H10N2. The lowest BCUT2D eigenvalue weighted by Crippen LogP contribution is -1.97. The minimum Gasteiger partial charge on any atom is -0.262 e. The number of rotatable bonds is 1. The second kappa shape index (κ2) is 3.31. The van der Waals surface area contributed by atoms with E-state index >= 15 is 0 Å². The van der Waals surface area contributed by atoms with Gasteiger partial charge in [-0.25, -0.2) is 0 Å². The van der Waals surface area contributed by atoms with Crippen molar-refractivity contribution in [1.29, 1.82) is 0 Å². The number of fused-ring (bicyclic) bond motifs is 1. The average Bonchev–Trinajstić information content (AvgIpc) is 2.74. The highest BCUT2D eigenvalue weighted by Gasteiger charge is 2.19. The van der Waals surface area contributed by atoms with Gasteiger partial charge < -0.3 is 0 Å². The standard InChI is InChI=1S/C13H10N2/c1-2-4-10(5-3-1)12-8-15-13-9-14-7-6-11(12)13/h1-9,12H. The van der Waals surface area contributed by atoms with Crippen LogP contribution in [0.1, 0.15) is 17.0 Å². The van der Waals surface area contributed by atoms with Crippen molar-refractivity contribution in [3.63, 3.8) is 0 Å². The van der Waals surface area contributed by atoms with Gasteiger partial charge in [-0.15, -0.1) is 0 Å². The third kappa shape index (κ3) is 1.34.